The molecule has 4 rings (SSSR count). The van der Waals surface area contributed by atoms with Gasteiger partial charge in [-0.2, -0.15) is 4.31 Å². The lowest BCUT2D eigenvalue weighted by Gasteiger charge is -2.34. The smallest absolute Gasteiger partial charge is 0.243 e. The van der Waals surface area contributed by atoms with Gasteiger partial charge in [0.25, 0.3) is 0 Å². The van der Waals surface area contributed by atoms with Crippen LogP contribution >= 0.6 is 0 Å². The number of sulfonamides is 1. The fourth-order valence-corrected chi connectivity index (χ4v) is 5.44. The summed E-state index contributed by atoms with van der Waals surface area (Å²) < 4.78 is 53.7. The molecule has 1 saturated heterocycles. The number of piperazine rings is 1. The van der Waals surface area contributed by atoms with Gasteiger partial charge in [-0.25, -0.2) is 17.2 Å². The molecule has 1 fully saturated rings. The molecule has 1 amide bonds. The van der Waals surface area contributed by atoms with Crippen LogP contribution in [-0.4, -0.2) is 56.3 Å². The molecular weight excluding hydrogens is 460 g/mol. The van der Waals surface area contributed by atoms with Crippen molar-refractivity contribution in [3.8, 4) is 0 Å². The van der Waals surface area contributed by atoms with Gasteiger partial charge < -0.3 is 4.90 Å². The highest BCUT2D eigenvalue weighted by molar-refractivity contribution is 7.89. The Bertz CT molecular complexity index is 1230. The Morgan fingerprint density at radius 3 is 2.12 bits per heavy atom. The SMILES string of the molecule is O=C(CNC(c1ccccc1)c1ccc(F)cc1)N1CCN(S(=O)(=O)c2cccc(F)c2)CC1. The molecule has 1 heterocycles. The van der Waals surface area contributed by atoms with Gasteiger partial charge >= 0.3 is 0 Å². The maximum absolute atomic E-state index is 13.5. The molecule has 3 aromatic rings. The summed E-state index contributed by atoms with van der Waals surface area (Å²) in [7, 11) is -3.83. The van der Waals surface area contributed by atoms with Crippen LogP contribution < -0.4 is 5.32 Å². The van der Waals surface area contributed by atoms with Gasteiger partial charge in [-0.15, -0.1) is 0 Å². The molecule has 0 radical (unpaired) electrons. The first kappa shape index (κ1) is 24.0. The number of carbonyl (C=O) groups excluding carboxylic acids is 1. The maximum Gasteiger partial charge on any atom is 0.243 e. The fourth-order valence-electron chi connectivity index (χ4n) is 3.98. The van der Waals surface area contributed by atoms with Crippen molar-refractivity contribution >= 4 is 15.9 Å². The molecule has 3 aromatic carbocycles. The molecule has 178 valence electrons. The average molecular weight is 486 g/mol. The fraction of sp³-hybridized carbons (Fsp3) is 0.240. The molecule has 0 bridgehead atoms. The zero-order valence-electron chi connectivity index (χ0n) is 18.4. The minimum Gasteiger partial charge on any atom is -0.339 e. The zero-order valence-corrected chi connectivity index (χ0v) is 19.2. The first-order valence-electron chi connectivity index (χ1n) is 10.9. The topological polar surface area (TPSA) is 69.7 Å². The molecule has 6 nitrogen and oxygen atoms in total. The number of nitrogens with one attached hydrogen (secondary N) is 1. The van der Waals surface area contributed by atoms with Crippen LogP contribution in [0.5, 0.6) is 0 Å². The Labute approximate surface area is 197 Å². The quantitative estimate of drug-likeness (QED) is 0.558. The molecule has 0 saturated carbocycles. The van der Waals surface area contributed by atoms with Crippen LogP contribution in [0.2, 0.25) is 0 Å². The number of nitrogens with zero attached hydrogens (tertiary/aromatic N) is 2. The van der Waals surface area contributed by atoms with E-state index >= 15 is 0 Å². The third-order valence-corrected chi connectivity index (χ3v) is 7.71. The molecule has 0 spiro atoms. The van der Waals surface area contributed by atoms with Crippen LogP contribution in [0, 0.1) is 11.6 Å². The van der Waals surface area contributed by atoms with Gasteiger partial charge in [0, 0.05) is 26.2 Å². The third-order valence-electron chi connectivity index (χ3n) is 5.82. The van der Waals surface area contributed by atoms with E-state index in [1.54, 1.807) is 17.0 Å². The van der Waals surface area contributed by atoms with E-state index in [1.165, 1.54) is 34.6 Å². The summed E-state index contributed by atoms with van der Waals surface area (Å²) in [6, 6.07) is 20.3. The van der Waals surface area contributed by atoms with Crippen molar-refractivity contribution in [3.63, 3.8) is 0 Å². The lowest BCUT2D eigenvalue weighted by molar-refractivity contribution is -0.131. The molecule has 34 heavy (non-hydrogen) atoms. The minimum absolute atomic E-state index is 0.0353. The third kappa shape index (κ3) is 5.49. The maximum atomic E-state index is 13.5. The van der Waals surface area contributed by atoms with Crippen molar-refractivity contribution in [3.05, 3.63) is 102 Å². The Kier molecular flexibility index (Phi) is 7.35. The van der Waals surface area contributed by atoms with E-state index in [4.69, 9.17) is 0 Å². The predicted octanol–water partition coefficient (Wildman–Crippen LogP) is 3.18. The highest BCUT2D eigenvalue weighted by atomic mass is 32.2. The van der Waals surface area contributed by atoms with Gasteiger partial charge in [0.15, 0.2) is 0 Å². The second-order valence-corrected chi connectivity index (χ2v) is 9.96. The first-order valence-corrected chi connectivity index (χ1v) is 12.4. The van der Waals surface area contributed by atoms with Crippen LogP contribution in [-0.2, 0) is 14.8 Å². The van der Waals surface area contributed by atoms with E-state index in [9.17, 15) is 22.0 Å². The summed E-state index contributed by atoms with van der Waals surface area (Å²) in [6.45, 7) is 0.770. The summed E-state index contributed by atoms with van der Waals surface area (Å²) >= 11 is 0. The van der Waals surface area contributed by atoms with Crippen LogP contribution in [0.15, 0.2) is 83.8 Å². The number of rotatable bonds is 7. The Hall–Kier alpha value is -3.14. The van der Waals surface area contributed by atoms with Crippen molar-refractivity contribution < 1.29 is 22.0 Å². The molecule has 1 aliphatic heterocycles. The summed E-state index contributed by atoms with van der Waals surface area (Å²) in [5.41, 5.74) is 1.76. The molecule has 1 unspecified atom stereocenters. The molecule has 0 aliphatic carbocycles. The number of hydrogen-bond donors (Lipinski definition) is 1. The van der Waals surface area contributed by atoms with Crippen LogP contribution in [0.25, 0.3) is 0 Å². The van der Waals surface area contributed by atoms with E-state index in [-0.39, 0.29) is 55.4 Å². The van der Waals surface area contributed by atoms with E-state index < -0.39 is 15.8 Å². The standard InChI is InChI=1S/C25H25F2N3O3S/c26-21-11-9-20(10-12-21)25(19-5-2-1-3-6-19)28-18-24(31)29-13-15-30(16-14-29)34(32,33)23-8-4-7-22(27)17-23/h1-12,17,25,28H,13-16,18H2. The van der Waals surface area contributed by atoms with Gasteiger partial charge in [0.1, 0.15) is 11.6 Å². The van der Waals surface area contributed by atoms with Crippen molar-refractivity contribution in [1.82, 2.24) is 14.5 Å². The number of benzene rings is 3. The molecule has 1 aliphatic rings. The second kappa shape index (κ2) is 10.4. The van der Waals surface area contributed by atoms with Gasteiger partial charge in [0.05, 0.1) is 17.5 Å². The first-order chi connectivity index (χ1) is 16.3. The van der Waals surface area contributed by atoms with Gasteiger partial charge in [-0.1, -0.05) is 48.5 Å². The summed E-state index contributed by atoms with van der Waals surface area (Å²) in [5, 5.41) is 3.26. The summed E-state index contributed by atoms with van der Waals surface area (Å²) in [6.07, 6.45) is 0. The Morgan fingerprint density at radius 2 is 1.47 bits per heavy atom. The van der Waals surface area contributed by atoms with E-state index in [2.05, 4.69) is 5.32 Å². The lowest BCUT2D eigenvalue weighted by atomic mass is 9.98. The van der Waals surface area contributed by atoms with Gasteiger partial charge in [-0.05, 0) is 41.5 Å². The number of halogens is 2. The molecule has 0 aromatic heterocycles. The number of hydrogen-bond acceptors (Lipinski definition) is 4. The van der Waals surface area contributed by atoms with E-state index in [0.29, 0.717) is 0 Å². The summed E-state index contributed by atoms with van der Waals surface area (Å²) in [4.78, 5) is 14.4. The number of amides is 1. The highest BCUT2D eigenvalue weighted by Gasteiger charge is 2.30. The van der Waals surface area contributed by atoms with Crippen molar-refractivity contribution in [2.45, 2.75) is 10.9 Å². The lowest BCUT2D eigenvalue weighted by Crippen LogP contribution is -2.52. The predicted molar refractivity (Wildman–Crippen MR) is 124 cm³/mol. The van der Waals surface area contributed by atoms with Crippen molar-refractivity contribution in [1.29, 1.82) is 0 Å². The minimum atomic E-state index is -3.83. The van der Waals surface area contributed by atoms with Crippen molar-refractivity contribution in [2.24, 2.45) is 0 Å². The Balaban J connectivity index is 1.39. The van der Waals surface area contributed by atoms with E-state index in [1.807, 2.05) is 30.3 Å². The molecule has 9 heteroatoms. The normalized spacial score (nSPS) is 15.8. The van der Waals surface area contributed by atoms with Gasteiger partial charge in [0.2, 0.25) is 15.9 Å². The van der Waals surface area contributed by atoms with Gasteiger partial charge in [-0.3, -0.25) is 10.1 Å². The van der Waals surface area contributed by atoms with Crippen LogP contribution in [0.1, 0.15) is 17.2 Å². The highest BCUT2D eigenvalue weighted by Crippen LogP contribution is 2.23. The van der Waals surface area contributed by atoms with E-state index in [0.717, 1.165) is 17.2 Å². The zero-order chi connectivity index (χ0) is 24.1. The molecule has 1 atom stereocenters. The molecular formula is C25H25F2N3O3S. The number of carbonyl (C=O) groups is 1. The van der Waals surface area contributed by atoms with Crippen LogP contribution in [0.4, 0.5) is 8.78 Å². The van der Waals surface area contributed by atoms with Crippen molar-refractivity contribution in [2.75, 3.05) is 32.7 Å². The monoisotopic (exact) mass is 485 g/mol. The Morgan fingerprint density at radius 1 is 0.824 bits per heavy atom. The summed E-state index contributed by atoms with van der Waals surface area (Å²) in [5.74, 6) is -1.11. The van der Waals surface area contributed by atoms with Crippen LogP contribution in [0.3, 0.4) is 0 Å². The molecule has 1 N–H and O–H groups in total. The second-order valence-electron chi connectivity index (χ2n) is 8.02. The average Bonchev–Trinajstić information content (AvgIpc) is 2.86. The largest absolute Gasteiger partial charge is 0.339 e.